The van der Waals surface area contributed by atoms with E-state index in [0.717, 1.165) is 18.3 Å². The lowest BCUT2D eigenvalue weighted by Gasteiger charge is -2.24. The van der Waals surface area contributed by atoms with Crippen LogP contribution in [0.5, 0.6) is 0 Å². The Kier molecular flexibility index (Phi) is 4.53. The molecule has 0 unspecified atom stereocenters. The highest BCUT2D eigenvalue weighted by molar-refractivity contribution is 5.96. The summed E-state index contributed by atoms with van der Waals surface area (Å²) >= 11 is 0. The minimum absolute atomic E-state index is 0.0192. The number of carbonyl (C=O) groups excluding carboxylic acids is 1. The van der Waals surface area contributed by atoms with Gasteiger partial charge in [0.25, 0.3) is 5.91 Å². The van der Waals surface area contributed by atoms with Gasteiger partial charge < -0.3 is 9.64 Å². The molecule has 1 aliphatic rings. The zero-order valence-electron chi connectivity index (χ0n) is 13.1. The van der Waals surface area contributed by atoms with E-state index in [1.165, 1.54) is 23.4 Å². The van der Waals surface area contributed by atoms with Gasteiger partial charge in [0, 0.05) is 26.1 Å². The SMILES string of the molecule is CN(C[C@H]1OCC[C@H]1c1ncn[nH]1)C(=O)c1cccc(F)c1C#N. The number of hydrogen-bond donors (Lipinski definition) is 1. The van der Waals surface area contributed by atoms with Gasteiger partial charge in [-0.15, -0.1) is 0 Å². The number of nitriles is 1. The number of nitrogens with zero attached hydrogens (tertiary/aromatic N) is 4. The molecule has 2 atom stereocenters. The maximum atomic E-state index is 13.7. The molecule has 1 amide bonds. The van der Waals surface area contributed by atoms with E-state index < -0.39 is 11.7 Å². The summed E-state index contributed by atoms with van der Waals surface area (Å²) in [4.78, 5) is 18.2. The molecule has 2 aromatic rings. The van der Waals surface area contributed by atoms with Crippen LogP contribution >= 0.6 is 0 Å². The molecule has 1 saturated heterocycles. The number of likely N-dealkylation sites (N-methyl/N-ethyl adjacent to an activating group) is 1. The quantitative estimate of drug-likeness (QED) is 0.916. The molecule has 2 heterocycles. The first-order chi connectivity index (χ1) is 11.6. The lowest BCUT2D eigenvalue weighted by atomic mass is 10.00. The van der Waals surface area contributed by atoms with E-state index in [9.17, 15) is 9.18 Å². The summed E-state index contributed by atoms with van der Waals surface area (Å²) in [5.74, 6) is -0.376. The third-order valence-corrected chi connectivity index (χ3v) is 4.15. The summed E-state index contributed by atoms with van der Waals surface area (Å²) < 4.78 is 19.4. The third-order valence-electron chi connectivity index (χ3n) is 4.15. The van der Waals surface area contributed by atoms with Gasteiger partial charge in [-0.3, -0.25) is 9.89 Å². The summed E-state index contributed by atoms with van der Waals surface area (Å²) in [5.41, 5.74) is -0.192. The average Bonchev–Trinajstić information content (AvgIpc) is 3.24. The van der Waals surface area contributed by atoms with Crippen molar-refractivity contribution in [2.75, 3.05) is 20.2 Å². The molecule has 24 heavy (non-hydrogen) atoms. The summed E-state index contributed by atoms with van der Waals surface area (Å²) in [6.07, 6.45) is 1.99. The van der Waals surface area contributed by atoms with Crippen LogP contribution < -0.4 is 0 Å². The number of hydrogen-bond acceptors (Lipinski definition) is 5. The number of nitrogens with one attached hydrogen (secondary N) is 1. The molecule has 0 spiro atoms. The number of benzene rings is 1. The van der Waals surface area contributed by atoms with E-state index >= 15 is 0 Å². The number of amides is 1. The van der Waals surface area contributed by atoms with Crippen LogP contribution in [0.2, 0.25) is 0 Å². The van der Waals surface area contributed by atoms with Crippen molar-refractivity contribution in [1.82, 2.24) is 20.1 Å². The molecule has 3 rings (SSSR count). The summed E-state index contributed by atoms with van der Waals surface area (Å²) in [5, 5.41) is 15.8. The summed E-state index contributed by atoms with van der Waals surface area (Å²) in [6.45, 7) is 0.882. The zero-order valence-corrected chi connectivity index (χ0v) is 13.1. The Morgan fingerprint density at radius 3 is 3.12 bits per heavy atom. The molecule has 8 heteroatoms. The first-order valence-corrected chi connectivity index (χ1v) is 7.52. The van der Waals surface area contributed by atoms with Crippen molar-refractivity contribution in [2.45, 2.75) is 18.4 Å². The van der Waals surface area contributed by atoms with Gasteiger partial charge in [-0.05, 0) is 18.6 Å². The Bertz CT molecular complexity index is 771. The Balaban J connectivity index is 1.75. The first kappa shape index (κ1) is 16.1. The summed E-state index contributed by atoms with van der Waals surface area (Å²) in [6, 6.07) is 5.78. The minimum Gasteiger partial charge on any atom is -0.376 e. The first-order valence-electron chi connectivity index (χ1n) is 7.52. The van der Waals surface area contributed by atoms with Gasteiger partial charge in [0.1, 0.15) is 29.6 Å². The van der Waals surface area contributed by atoms with Crippen LogP contribution in [-0.2, 0) is 4.74 Å². The zero-order chi connectivity index (χ0) is 17.1. The van der Waals surface area contributed by atoms with Gasteiger partial charge in [0.2, 0.25) is 0 Å². The predicted molar refractivity (Wildman–Crippen MR) is 81.6 cm³/mol. The molecular weight excluding hydrogens is 313 g/mol. The lowest BCUT2D eigenvalue weighted by Crippen LogP contribution is -2.36. The van der Waals surface area contributed by atoms with Gasteiger partial charge in [-0.25, -0.2) is 9.37 Å². The van der Waals surface area contributed by atoms with Crippen molar-refractivity contribution >= 4 is 5.91 Å². The molecule has 1 aromatic heterocycles. The van der Waals surface area contributed by atoms with E-state index in [1.807, 2.05) is 0 Å². The van der Waals surface area contributed by atoms with Gasteiger partial charge in [0.05, 0.1) is 11.7 Å². The number of halogens is 1. The fraction of sp³-hybridized carbons (Fsp3) is 0.375. The van der Waals surface area contributed by atoms with Gasteiger partial charge >= 0.3 is 0 Å². The molecule has 0 saturated carbocycles. The van der Waals surface area contributed by atoms with Crippen LogP contribution in [0.1, 0.15) is 34.1 Å². The molecule has 0 radical (unpaired) electrons. The molecular formula is C16H16FN5O2. The number of aromatic amines is 1. The lowest BCUT2D eigenvalue weighted by molar-refractivity contribution is 0.0549. The topological polar surface area (TPSA) is 94.9 Å². The van der Waals surface area contributed by atoms with Crippen molar-refractivity contribution in [3.8, 4) is 6.07 Å². The predicted octanol–water partition coefficient (Wildman–Crippen LogP) is 1.46. The maximum Gasteiger partial charge on any atom is 0.255 e. The maximum absolute atomic E-state index is 13.7. The fourth-order valence-corrected chi connectivity index (χ4v) is 2.91. The molecule has 1 aliphatic heterocycles. The van der Waals surface area contributed by atoms with Crippen molar-refractivity contribution in [3.63, 3.8) is 0 Å². The second kappa shape index (κ2) is 6.76. The normalized spacial score (nSPS) is 19.9. The minimum atomic E-state index is -0.701. The molecule has 0 bridgehead atoms. The van der Waals surface area contributed by atoms with Gasteiger partial charge in [0.15, 0.2) is 0 Å². The van der Waals surface area contributed by atoms with Crippen molar-refractivity contribution in [3.05, 3.63) is 47.3 Å². The van der Waals surface area contributed by atoms with E-state index in [4.69, 9.17) is 10.00 Å². The molecule has 1 N–H and O–H groups in total. The Morgan fingerprint density at radius 2 is 2.42 bits per heavy atom. The largest absolute Gasteiger partial charge is 0.376 e. The number of H-pyrrole nitrogens is 1. The van der Waals surface area contributed by atoms with Crippen molar-refractivity contribution < 1.29 is 13.9 Å². The van der Waals surface area contributed by atoms with E-state index in [-0.39, 0.29) is 23.1 Å². The summed E-state index contributed by atoms with van der Waals surface area (Å²) in [7, 11) is 1.60. The highest BCUT2D eigenvalue weighted by atomic mass is 19.1. The number of aromatic nitrogens is 3. The number of ether oxygens (including phenoxy) is 1. The van der Waals surface area contributed by atoms with E-state index in [0.29, 0.717) is 13.2 Å². The second-order valence-corrected chi connectivity index (χ2v) is 5.63. The Labute approximate surface area is 138 Å². The van der Waals surface area contributed by atoms with Crippen LogP contribution in [0.15, 0.2) is 24.5 Å². The van der Waals surface area contributed by atoms with Crippen LogP contribution in [0.3, 0.4) is 0 Å². The van der Waals surface area contributed by atoms with Crippen molar-refractivity contribution in [2.24, 2.45) is 0 Å². The van der Waals surface area contributed by atoms with Crippen LogP contribution in [-0.4, -0.2) is 52.3 Å². The molecule has 1 aromatic carbocycles. The molecule has 0 aliphatic carbocycles. The fourth-order valence-electron chi connectivity index (χ4n) is 2.91. The molecule has 7 nitrogen and oxygen atoms in total. The Hall–Kier alpha value is -2.79. The van der Waals surface area contributed by atoms with Crippen LogP contribution in [0.4, 0.5) is 4.39 Å². The van der Waals surface area contributed by atoms with Gasteiger partial charge in [-0.2, -0.15) is 10.4 Å². The third kappa shape index (κ3) is 2.98. The number of rotatable bonds is 4. The highest BCUT2D eigenvalue weighted by Crippen LogP contribution is 2.29. The van der Waals surface area contributed by atoms with Crippen LogP contribution in [0, 0.1) is 17.1 Å². The standard InChI is InChI=1S/C16H16FN5O2/c1-22(16(23)10-3-2-4-13(17)12(10)7-18)8-14-11(5-6-24-14)15-19-9-20-21-15/h2-4,9,11,14H,5-6,8H2,1H3,(H,19,20,21)/t11-,14-/m1/s1. The molecule has 124 valence electrons. The molecule has 1 fully saturated rings. The highest BCUT2D eigenvalue weighted by Gasteiger charge is 2.33. The average molecular weight is 329 g/mol. The smallest absolute Gasteiger partial charge is 0.255 e. The number of carbonyl (C=O) groups is 1. The Morgan fingerprint density at radius 1 is 1.58 bits per heavy atom. The van der Waals surface area contributed by atoms with Crippen molar-refractivity contribution in [1.29, 1.82) is 5.26 Å². The van der Waals surface area contributed by atoms with Gasteiger partial charge in [-0.1, -0.05) is 6.07 Å². The monoisotopic (exact) mass is 329 g/mol. The van der Waals surface area contributed by atoms with Crippen LogP contribution in [0.25, 0.3) is 0 Å². The van der Waals surface area contributed by atoms with E-state index in [1.54, 1.807) is 13.1 Å². The second-order valence-electron chi connectivity index (χ2n) is 5.63. The van der Waals surface area contributed by atoms with E-state index in [2.05, 4.69) is 15.2 Å².